The van der Waals surface area contributed by atoms with Crippen LogP contribution in [0.4, 0.5) is 16.2 Å². The second kappa shape index (κ2) is 8.47. The Hall–Kier alpha value is -1.69. The van der Waals surface area contributed by atoms with Crippen molar-refractivity contribution in [1.82, 2.24) is 5.32 Å². The van der Waals surface area contributed by atoms with Gasteiger partial charge in [-0.3, -0.25) is 4.79 Å². The van der Waals surface area contributed by atoms with E-state index in [2.05, 4.69) is 16.0 Å². The highest BCUT2D eigenvalue weighted by molar-refractivity contribution is 7.98. The van der Waals surface area contributed by atoms with Crippen LogP contribution in [-0.2, 0) is 4.79 Å². The average molecular weight is 295 g/mol. The molecule has 5 nitrogen and oxygen atoms in total. The van der Waals surface area contributed by atoms with E-state index < -0.39 is 0 Å². The predicted molar refractivity (Wildman–Crippen MR) is 85.5 cm³/mol. The van der Waals surface area contributed by atoms with Gasteiger partial charge >= 0.3 is 6.03 Å². The zero-order valence-corrected chi connectivity index (χ0v) is 12.9. The number of anilines is 2. The van der Waals surface area contributed by atoms with Crippen molar-refractivity contribution in [3.63, 3.8) is 0 Å². The summed E-state index contributed by atoms with van der Waals surface area (Å²) in [5.41, 5.74) is 2.30. The Bertz CT molecular complexity index is 477. The first-order valence-corrected chi connectivity index (χ1v) is 7.84. The number of urea groups is 1. The number of rotatable bonds is 6. The molecule has 0 saturated carbocycles. The van der Waals surface area contributed by atoms with Crippen molar-refractivity contribution in [3.05, 3.63) is 23.8 Å². The molecule has 0 saturated heterocycles. The lowest BCUT2D eigenvalue weighted by atomic mass is 10.2. The fourth-order valence-electron chi connectivity index (χ4n) is 1.62. The first-order valence-electron chi connectivity index (χ1n) is 6.45. The molecule has 0 atom stereocenters. The molecule has 20 heavy (non-hydrogen) atoms. The minimum absolute atomic E-state index is 0.138. The quantitative estimate of drug-likeness (QED) is 0.707. The molecule has 0 heterocycles. The third-order valence-electron chi connectivity index (χ3n) is 2.62. The van der Waals surface area contributed by atoms with Gasteiger partial charge < -0.3 is 16.0 Å². The number of carbonyl (C=O) groups excluding carboxylic acids is 2. The molecule has 0 radical (unpaired) electrons. The highest BCUT2D eigenvalue weighted by atomic mass is 32.2. The van der Waals surface area contributed by atoms with Crippen LogP contribution in [-0.4, -0.2) is 30.5 Å². The molecule has 110 valence electrons. The third-order valence-corrected chi connectivity index (χ3v) is 3.31. The highest BCUT2D eigenvalue weighted by Crippen LogP contribution is 2.20. The smallest absolute Gasteiger partial charge is 0.319 e. The Labute approximate surface area is 123 Å². The number of thioether (sulfide) groups is 1. The number of benzene rings is 1. The number of nitrogens with one attached hydrogen (secondary N) is 3. The molecule has 0 aliphatic carbocycles. The van der Waals surface area contributed by atoms with Gasteiger partial charge in [-0.1, -0.05) is 6.07 Å². The van der Waals surface area contributed by atoms with Gasteiger partial charge in [-0.25, -0.2) is 4.79 Å². The van der Waals surface area contributed by atoms with E-state index in [1.165, 1.54) is 6.92 Å². The number of hydrogen-bond acceptors (Lipinski definition) is 3. The van der Waals surface area contributed by atoms with Crippen LogP contribution in [0.3, 0.4) is 0 Å². The van der Waals surface area contributed by atoms with Crippen LogP contribution in [0.25, 0.3) is 0 Å². The number of aryl methyl sites for hydroxylation is 1. The summed E-state index contributed by atoms with van der Waals surface area (Å²) in [6.07, 6.45) is 2.98. The third kappa shape index (κ3) is 5.97. The molecule has 0 bridgehead atoms. The predicted octanol–water partition coefficient (Wildman–Crippen LogP) is 2.83. The Morgan fingerprint density at radius 2 is 2.00 bits per heavy atom. The maximum absolute atomic E-state index is 11.7. The molecule has 0 aliphatic rings. The van der Waals surface area contributed by atoms with Gasteiger partial charge in [-0.15, -0.1) is 0 Å². The second-order valence-electron chi connectivity index (χ2n) is 4.44. The zero-order valence-electron chi connectivity index (χ0n) is 12.1. The fourth-order valence-corrected chi connectivity index (χ4v) is 2.06. The Morgan fingerprint density at radius 1 is 1.25 bits per heavy atom. The van der Waals surface area contributed by atoms with Crippen LogP contribution >= 0.6 is 11.8 Å². The summed E-state index contributed by atoms with van der Waals surface area (Å²) >= 11 is 1.76. The Kier molecular flexibility index (Phi) is 6.93. The first kappa shape index (κ1) is 16.4. The fraction of sp³-hybridized carbons (Fsp3) is 0.429. The number of hydrogen-bond donors (Lipinski definition) is 3. The van der Waals surface area contributed by atoms with Gasteiger partial charge in [0.25, 0.3) is 0 Å². The Balaban J connectivity index is 2.57. The molecule has 1 aromatic carbocycles. The van der Waals surface area contributed by atoms with E-state index in [0.29, 0.717) is 17.9 Å². The summed E-state index contributed by atoms with van der Waals surface area (Å²) in [6.45, 7) is 4.00. The molecule has 6 heteroatoms. The van der Waals surface area contributed by atoms with Gasteiger partial charge in [0, 0.05) is 24.8 Å². The molecule has 0 spiro atoms. The zero-order chi connectivity index (χ0) is 15.0. The normalized spacial score (nSPS) is 9.95. The molecule has 1 aromatic rings. The van der Waals surface area contributed by atoms with Gasteiger partial charge in [0.15, 0.2) is 0 Å². The maximum atomic E-state index is 11.7. The lowest BCUT2D eigenvalue weighted by molar-refractivity contribution is -0.114. The summed E-state index contributed by atoms with van der Waals surface area (Å²) in [4.78, 5) is 22.8. The topological polar surface area (TPSA) is 70.2 Å². The number of amides is 3. The monoisotopic (exact) mass is 295 g/mol. The molecular formula is C14H21N3O2S. The molecule has 0 aliphatic heterocycles. The van der Waals surface area contributed by atoms with Crippen molar-refractivity contribution in [2.24, 2.45) is 0 Å². The summed E-state index contributed by atoms with van der Waals surface area (Å²) < 4.78 is 0. The van der Waals surface area contributed by atoms with Crippen LogP contribution < -0.4 is 16.0 Å². The largest absolute Gasteiger partial charge is 0.338 e. The maximum Gasteiger partial charge on any atom is 0.319 e. The van der Waals surface area contributed by atoms with E-state index in [1.807, 2.05) is 19.2 Å². The van der Waals surface area contributed by atoms with E-state index in [1.54, 1.807) is 23.9 Å². The van der Waals surface area contributed by atoms with Gasteiger partial charge in [-0.05, 0) is 43.0 Å². The Morgan fingerprint density at radius 3 is 2.65 bits per heavy atom. The van der Waals surface area contributed by atoms with Gasteiger partial charge in [0.2, 0.25) is 5.91 Å². The summed E-state index contributed by atoms with van der Waals surface area (Å²) in [6, 6.07) is 5.18. The minimum Gasteiger partial charge on any atom is -0.338 e. The summed E-state index contributed by atoms with van der Waals surface area (Å²) in [5, 5.41) is 8.29. The van der Waals surface area contributed by atoms with E-state index in [-0.39, 0.29) is 11.9 Å². The van der Waals surface area contributed by atoms with Gasteiger partial charge in [0.05, 0.1) is 0 Å². The van der Waals surface area contributed by atoms with Crippen LogP contribution in [0.2, 0.25) is 0 Å². The average Bonchev–Trinajstić information content (AvgIpc) is 2.38. The summed E-state index contributed by atoms with van der Waals surface area (Å²) in [7, 11) is 0. The van der Waals surface area contributed by atoms with Crippen molar-refractivity contribution in [2.45, 2.75) is 20.3 Å². The molecule has 3 N–H and O–H groups in total. The molecule has 1 rings (SSSR count). The van der Waals surface area contributed by atoms with E-state index in [9.17, 15) is 9.59 Å². The highest BCUT2D eigenvalue weighted by Gasteiger charge is 2.05. The standard InChI is InChI=1S/C14H21N3O2S/c1-10-5-6-12(16-11(2)18)9-13(10)17-14(19)15-7-4-8-20-3/h5-6,9H,4,7-8H2,1-3H3,(H,16,18)(H2,15,17,19). The van der Waals surface area contributed by atoms with Crippen LogP contribution in [0.15, 0.2) is 18.2 Å². The summed E-state index contributed by atoms with van der Waals surface area (Å²) in [5.74, 6) is 0.887. The first-order chi connectivity index (χ1) is 9.52. The van der Waals surface area contributed by atoms with Gasteiger partial charge in [0.1, 0.15) is 0 Å². The SMILES string of the molecule is CSCCCNC(=O)Nc1cc(NC(C)=O)ccc1C. The molecular weight excluding hydrogens is 274 g/mol. The van der Waals surface area contributed by atoms with Crippen molar-refractivity contribution in [1.29, 1.82) is 0 Å². The second-order valence-corrected chi connectivity index (χ2v) is 5.42. The van der Waals surface area contributed by atoms with Crippen molar-refractivity contribution in [2.75, 3.05) is 29.2 Å². The van der Waals surface area contributed by atoms with Crippen LogP contribution in [0.1, 0.15) is 18.9 Å². The molecule has 0 aromatic heterocycles. The lowest BCUT2D eigenvalue weighted by Gasteiger charge is -2.11. The molecule has 0 fully saturated rings. The lowest BCUT2D eigenvalue weighted by Crippen LogP contribution is -2.30. The van der Waals surface area contributed by atoms with Crippen LogP contribution in [0, 0.1) is 6.92 Å². The number of carbonyl (C=O) groups is 2. The van der Waals surface area contributed by atoms with Crippen molar-refractivity contribution in [3.8, 4) is 0 Å². The minimum atomic E-state index is -0.228. The van der Waals surface area contributed by atoms with Crippen molar-refractivity contribution < 1.29 is 9.59 Å². The molecule has 3 amide bonds. The van der Waals surface area contributed by atoms with Crippen molar-refractivity contribution >= 4 is 35.1 Å². The van der Waals surface area contributed by atoms with Gasteiger partial charge in [-0.2, -0.15) is 11.8 Å². The molecule has 0 unspecified atom stereocenters. The van der Waals surface area contributed by atoms with E-state index in [0.717, 1.165) is 17.7 Å². The van der Waals surface area contributed by atoms with Crippen LogP contribution in [0.5, 0.6) is 0 Å². The van der Waals surface area contributed by atoms with E-state index >= 15 is 0 Å². The van der Waals surface area contributed by atoms with E-state index in [4.69, 9.17) is 0 Å².